The molecular formula is C19H19N3O4. The minimum absolute atomic E-state index is 0.00608. The molecule has 0 aromatic heterocycles. The van der Waals surface area contributed by atoms with E-state index in [0.717, 1.165) is 11.3 Å². The van der Waals surface area contributed by atoms with Crippen LogP contribution in [0.15, 0.2) is 48.2 Å². The van der Waals surface area contributed by atoms with E-state index in [1.807, 2.05) is 25.1 Å². The molecule has 1 heterocycles. The molecule has 0 fully saturated rings. The third-order valence-corrected chi connectivity index (χ3v) is 4.07. The average Bonchev–Trinajstić information content (AvgIpc) is 2.63. The highest BCUT2D eigenvalue weighted by molar-refractivity contribution is 6.09. The topological polar surface area (TPSA) is 98.7 Å². The van der Waals surface area contributed by atoms with Crippen molar-refractivity contribution in [2.75, 3.05) is 18.0 Å². The summed E-state index contributed by atoms with van der Waals surface area (Å²) in [7, 11) is 0. The van der Waals surface area contributed by atoms with Gasteiger partial charge in [0.05, 0.1) is 10.6 Å². The normalized spacial score (nSPS) is 14.9. The lowest BCUT2D eigenvalue weighted by atomic mass is 10.1. The molecule has 0 aliphatic carbocycles. The standard InChI is InChI=1S/C19H19N3O4/c1-13-3-8-17-16(11-13)21(10-2-9-20)19(23)18(26-17)12-14-4-6-15(7-5-14)22(24)25/h3-8,11-12H,2,9-10,20H2,1H3/b18-12+. The molecule has 2 aromatic carbocycles. The predicted molar refractivity (Wildman–Crippen MR) is 98.9 cm³/mol. The van der Waals surface area contributed by atoms with Crippen LogP contribution in [0.25, 0.3) is 6.08 Å². The Hall–Kier alpha value is -3.19. The summed E-state index contributed by atoms with van der Waals surface area (Å²) in [4.78, 5) is 24.8. The van der Waals surface area contributed by atoms with E-state index in [9.17, 15) is 14.9 Å². The van der Waals surface area contributed by atoms with Crippen LogP contribution in [0.3, 0.4) is 0 Å². The summed E-state index contributed by atoms with van der Waals surface area (Å²) >= 11 is 0. The molecule has 1 aliphatic rings. The van der Waals surface area contributed by atoms with Gasteiger partial charge in [-0.25, -0.2) is 0 Å². The highest BCUT2D eigenvalue weighted by Crippen LogP contribution is 2.36. The van der Waals surface area contributed by atoms with Gasteiger partial charge in [-0.15, -0.1) is 0 Å². The van der Waals surface area contributed by atoms with Crippen molar-refractivity contribution in [3.63, 3.8) is 0 Å². The molecule has 0 bridgehead atoms. The van der Waals surface area contributed by atoms with E-state index in [-0.39, 0.29) is 17.4 Å². The summed E-state index contributed by atoms with van der Waals surface area (Å²) in [6.07, 6.45) is 2.26. The number of rotatable bonds is 5. The fourth-order valence-corrected chi connectivity index (χ4v) is 2.74. The number of anilines is 1. The molecular weight excluding hydrogens is 334 g/mol. The first-order valence-corrected chi connectivity index (χ1v) is 8.26. The maximum Gasteiger partial charge on any atom is 0.294 e. The molecule has 3 rings (SSSR count). The third-order valence-electron chi connectivity index (χ3n) is 4.07. The molecule has 2 N–H and O–H groups in total. The number of nitrogens with two attached hydrogens (primary N) is 1. The van der Waals surface area contributed by atoms with Crippen LogP contribution in [0.2, 0.25) is 0 Å². The van der Waals surface area contributed by atoms with Gasteiger partial charge in [0.1, 0.15) is 0 Å². The fraction of sp³-hybridized carbons (Fsp3) is 0.211. The van der Waals surface area contributed by atoms with Crippen molar-refractivity contribution < 1.29 is 14.5 Å². The Morgan fingerprint density at radius 1 is 1.23 bits per heavy atom. The number of ether oxygens (including phenoxy) is 1. The lowest BCUT2D eigenvalue weighted by Crippen LogP contribution is -2.38. The Morgan fingerprint density at radius 2 is 1.96 bits per heavy atom. The number of nitro benzene ring substituents is 1. The van der Waals surface area contributed by atoms with Crippen LogP contribution >= 0.6 is 0 Å². The van der Waals surface area contributed by atoms with Gasteiger partial charge in [0.25, 0.3) is 11.6 Å². The number of non-ortho nitro benzene ring substituents is 1. The van der Waals surface area contributed by atoms with Crippen LogP contribution in [0.4, 0.5) is 11.4 Å². The van der Waals surface area contributed by atoms with Gasteiger partial charge >= 0.3 is 0 Å². The second kappa shape index (κ2) is 7.37. The zero-order valence-corrected chi connectivity index (χ0v) is 14.3. The third kappa shape index (κ3) is 3.57. The summed E-state index contributed by atoms with van der Waals surface area (Å²) in [5.41, 5.74) is 7.99. The zero-order valence-electron chi connectivity index (χ0n) is 14.3. The quantitative estimate of drug-likeness (QED) is 0.506. The summed E-state index contributed by atoms with van der Waals surface area (Å²) in [6.45, 7) is 2.92. The zero-order chi connectivity index (χ0) is 18.7. The SMILES string of the molecule is Cc1ccc2c(c1)N(CCCN)C(=O)/C(=C\c1ccc([N+](=O)[O-])cc1)O2. The van der Waals surface area contributed by atoms with E-state index >= 15 is 0 Å². The van der Waals surface area contributed by atoms with E-state index in [0.29, 0.717) is 30.8 Å². The molecule has 1 aliphatic heterocycles. The Bertz CT molecular complexity index is 875. The van der Waals surface area contributed by atoms with Gasteiger partial charge in [-0.3, -0.25) is 14.9 Å². The van der Waals surface area contributed by atoms with Crippen molar-refractivity contribution in [1.29, 1.82) is 0 Å². The molecule has 1 amide bonds. The van der Waals surface area contributed by atoms with Crippen LogP contribution in [0, 0.1) is 17.0 Å². The minimum Gasteiger partial charge on any atom is -0.449 e. The van der Waals surface area contributed by atoms with Gasteiger partial charge < -0.3 is 15.4 Å². The molecule has 0 spiro atoms. The number of hydrogen-bond acceptors (Lipinski definition) is 5. The first kappa shape index (κ1) is 17.6. The number of nitro groups is 1. The van der Waals surface area contributed by atoms with Crippen LogP contribution in [-0.2, 0) is 4.79 Å². The van der Waals surface area contributed by atoms with Crippen LogP contribution in [0.5, 0.6) is 5.75 Å². The molecule has 2 aromatic rings. The van der Waals surface area contributed by atoms with Gasteiger partial charge in [0, 0.05) is 18.7 Å². The highest BCUT2D eigenvalue weighted by Gasteiger charge is 2.30. The summed E-state index contributed by atoms with van der Waals surface area (Å²) in [5, 5.41) is 10.8. The van der Waals surface area contributed by atoms with Crippen LogP contribution in [-0.4, -0.2) is 23.9 Å². The molecule has 0 radical (unpaired) electrons. The number of aryl methyl sites for hydroxylation is 1. The van der Waals surface area contributed by atoms with E-state index in [1.165, 1.54) is 12.1 Å². The Labute approximate surface area is 150 Å². The second-order valence-electron chi connectivity index (χ2n) is 6.03. The Morgan fingerprint density at radius 3 is 2.62 bits per heavy atom. The van der Waals surface area contributed by atoms with Gasteiger partial charge in [-0.1, -0.05) is 6.07 Å². The maximum atomic E-state index is 12.9. The first-order chi connectivity index (χ1) is 12.5. The molecule has 26 heavy (non-hydrogen) atoms. The first-order valence-electron chi connectivity index (χ1n) is 8.26. The van der Waals surface area contributed by atoms with Crippen LogP contribution < -0.4 is 15.4 Å². The van der Waals surface area contributed by atoms with Gasteiger partial charge in [-0.05, 0) is 61.4 Å². The van der Waals surface area contributed by atoms with Gasteiger partial charge in [-0.2, -0.15) is 0 Å². The van der Waals surface area contributed by atoms with Crippen molar-refractivity contribution >= 4 is 23.4 Å². The van der Waals surface area contributed by atoms with E-state index in [2.05, 4.69) is 0 Å². The van der Waals surface area contributed by atoms with Crippen molar-refractivity contribution in [1.82, 2.24) is 0 Å². The number of amides is 1. The number of hydrogen-bond donors (Lipinski definition) is 1. The van der Waals surface area contributed by atoms with Crippen molar-refractivity contribution in [2.45, 2.75) is 13.3 Å². The lowest BCUT2D eigenvalue weighted by Gasteiger charge is -2.30. The monoisotopic (exact) mass is 353 g/mol. The summed E-state index contributed by atoms with van der Waals surface area (Å²) < 4.78 is 5.80. The molecule has 0 unspecified atom stereocenters. The number of carbonyl (C=O) groups excluding carboxylic acids is 1. The molecule has 0 saturated carbocycles. The van der Waals surface area contributed by atoms with E-state index in [1.54, 1.807) is 23.1 Å². The van der Waals surface area contributed by atoms with E-state index in [4.69, 9.17) is 10.5 Å². The highest BCUT2D eigenvalue weighted by atomic mass is 16.6. The molecule has 134 valence electrons. The van der Waals surface area contributed by atoms with Crippen molar-refractivity contribution in [3.05, 3.63) is 69.5 Å². The minimum atomic E-state index is -0.466. The lowest BCUT2D eigenvalue weighted by molar-refractivity contribution is -0.384. The fourth-order valence-electron chi connectivity index (χ4n) is 2.74. The van der Waals surface area contributed by atoms with Gasteiger partial charge in [0.2, 0.25) is 0 Å². The molecule has 0 atom stereocenters. The van der Waals surface area contributed by atoms with Gasteiger partial charge in [0.15, 0.2) is 11.5 Å². The maximum absolute atomic E-state index is 12.9. The average molecular weight is 353 g/mol. The van der Waals surface area contributed by atoms with E-state index < -0.39 is 4.92 Å². The molecule has 0 saturated heterocycles. The number of nitrogens with zero attached hydrogens (tertiary/aromatic N) is 2. The summed E-state index contributed by atoms with van der Waals surface area (Å²) in [6, 6.07) is 11.6. The smallest absolute Gasteiger partial charge is 0.294 e. The Kier molecular flexibility index (Phi) is 4.99. The summed E-state index contributed by atoms with van der Waals surface area (Å²) in [5.74, 6) is 0.516. The van der Waals surface area contributed by atoms with Crippen LogP contribution in [0.1, 0.15) is 17.5 Å². The number of benzene rings is 2. The van der Waals surface area contributed by atoms with Crippen molar-refractivity contribution in [2.24, 2.45) is 5.73 Å². The second-order valence-corrected chi connectivity index (χ2v) is 6.03. The van der Waals surface area contributed by atoms with Crippen molar-refractivity contribution in [3.8, 4) is 5.75 Å². The largest absolute Gasteiger partial charge is 0.449 e. The number of carbonyl (C=O) groups is 1. The molecule has 7 nitrogen and oxygen atoms in total. The Balaban J connectivity index is 1.96. The predicted octanol–water partition coefficient (Wildman–Crippen LogP) is 3.02. The molecule has 7 heteroatoms. The number of fused-ring (bicyclic) bond motifs is 1.